The molecule has 2 aromatic rings. The molecule has 0 saturated carbocycles. The van der Waals surface area contributed by atoms with Crippen molar-refractivity contribution in [2.45, 2.75) is 18.7 Å². The van der Waals surface area contributed by atoms with Crippen LogP contribution in [0.4, 0.5) is 5.13 Å². The second kappa shape index (κ2) is 6.71. The van der Waals surface area contributed by atoms with E-state index in [0.29, 0.717) is 23.9 Å². The number of nitrogens with zero attached hydrogens (tertiary/aromatic N) is 4. The highest BCUT2D eigenvalue weighted by molar-refractivity contribution is 7.89. The molecule has 0 radical (unpaired) electrons. The van der Waals surface area contributed by atoms with Crippen molar-refractivity contribution in [2.75, 3.05) is 31.1 Å². The third-order valence-corrected chi connectivity index (χ3v) is 7.09. The van der Waals surface area contributed by atoms with Crippen LogP contribution in [0.3, 0.4) is 0 Å². The summed E-state index contributed by atoms with van der Waals surface area (Å²) in [6, 6.07) is 0. The van der Waals surface area contributed by atoms with Crippen LogP contribution in [0.2, 0.25) is 0 Å². The maximum atomic E-state index is 12.8. The van der Waals surface area contributed by atoms with E-state index in [-0.39, 0.29) is 28.6 Å². The minimum Gasteiger partial charge on any atom is -0.360 e. The predicted molar refractivity (Wildman–Crippen MR) is 88.3 cm³/mol. The molecule has 0 spiro atoms. The van der Waals surface area contributed by atoms with E-state index < -0.39 is 15.9 Å². The smallest absolute Gasteiger partial charge is 0.286 e. The van der Waals surface area contributed by atoms with E-state index in [1.807, 2.05) is 4.90 Å². The Kier molecular flexibility index (Phi) is 4.77. The van der Waals surface area contributed by atoms with Crippen LogP contribution in [-0.2, 0) is 10.0 Å². The van der Waals surface area contributed by atoms with Gasteiger partial charge in [-0.25, -0.2) is 18.9 Å². The zero-order chi connectivity index (χ0) is 18.2. The number of nitrogens with one attached hydrogen (secondary N) is 1. The van der Waals surface area contributed by atoms with Gasteiger partial charge >= 0.3 is 0 Å². The highest BCUT2D eigenvalue weighted by atomic mass is 32.2. The number of piperazine rings is 1. The standard InChI is InChI=1S/C13H17N5O5S2/c1-8-11(9(2)23-16-8)25(21,22)18-5-3-17(4-6-18)13-14-7-10(24-13)12(19)15-20/h7,20H,3-6H2,1-2H3,(H,15,19). The number of aryl methyl sites for hydroxylation is 2. The number of sulfonamides is 1. The van der Waals surface area contributed by atoms with Crippen LogP contribution in [0.25, 0.3) is 0 Å². The molecule has 3 heterocycles. The first kappa shape index (κ1) is 17.8. The SMILES string of the molecule is Cc1noc(C)c1S(=O)(=O)N1CCN(c2ncc(C(=O)NO)s2)CC1. The number of aromatic nitrogens is 2. The lowest BCUT2D eigenvalue weighted by molar-refractivity contribution is 0.0710. The van der Waals surface area contributed by atoms with Crippen molar-refractivity contribution < 1.29 is 22.9 Å². The average molecular weight is 387 g/mol. The van der Waals surface area contributed by atoms with Crippen LogP contribution < -0.4 is 10.4 Å². The fourth-order valence-corrected chi connectivity index (χ4v) is 5.23. The lowest BCUT2D eigenvalue weighted by Crippen LogP contribution is -2.48. The molecule has 12 heteroatoms. The Hall–Kier alpha value is -2.02. The van der Waals surface area contributed by atoms with Crippen LogP contribution in [0.5, 0.6) is 0 Å². The number of carbonyl (C=O) groups excluding carboxylic acids is 1. The second-order valence-corrected chi connectivity index (χ2v) is 8.38. The van der Waals surface area contributed by atoms with Crippen molar-refractivity contribution in [3.8, 4) is 0 Å². The van der Waals surface area contributed by atoms with E-state index in [9.17, 15) is 13.2 Å². The van der Waals surface area contributed by atoms with Crippen molar-refractivity contribution >= 4 is 32.4 Å². The van der Waals surface area contributed by atoms with E-state index in [2.05, 4.69) is 10.1 Å². The minimum atomic E-state index is -3.66. The molecule has 0 bridgehead atoms. The number of hydroxylamine groups is 1. The van der Waals surface area contributed by atoms with Crippen LogP contribution in [0, 0.1) is 13.8 Å². The van der Waals surface area contributed by atoms with Crippen molar-refractivity contribution in [3.63, 3.8) is 0 Å². The van der Waals surface area contributed by atoms with Gasteiger partial charge in [0.05, 0.1) is 6.20 Å². The molecule has 25 heavy (non-hydrogen) atoms. The van der Waals surface area contributed by atoms with Gasteiger partial charge in [-0.05, 0) is 13.8 Å². The first-order chi connectivity index (χ1) is 11.8. The van der Waals surface area contributed by atoms with E-state index in [4.69, 9.17) is 9.73 Å². The number of hydrogen-bond acceptors (Lipinski definition) is 9. The van der Waals surface area contributed by atoms with Gasteiger partial charge in [0.25, 0.3) is 5.91 Å². The number of anilines is 1. The van der Waals surface area contributed by atoms with Gasteiger partial charge < -0.3 is 9.42 Å². The van der Waals surface area contributed by atoms with Gasteiger partial charge in [-0.2, -0.15) is 4.31 Å². The maximum Gasteiger partial charge on any atom is 0.286 e. The molecule has 136 valence electrons. The number of rotatable bonds is 4. The summed E-state index contributed by atoms with van der Waals surface area (Å²) in [6.07, 6.45) is 1.37. The molecule has 0 aromatic carbocycles. The molecule has 10 nitrogen and oxygen atoms in total. The molecule has 1 aliphatic heterocycles. The van der Waals surface area contributed by atoms with Crippen molar-refractivity contribution in [1.82, 2.24) is 19.9 Å². The number of carbonyl (C=O) groups is 1. The molecule has 3 rings (SSSR count). The molecule has 1 fully saturated rings. The summed E-state index contributed by atoms with van der Waals surface area (Å²) in [6.45, 7) is 4.63. The molecular formula is C13H17N5O5S2. The van der Waals surface area contributed by atoms with Crippen LogP contribution in [0.15, 0.2) is 15.6 Å². The number of hydrogen-bond donors (Lipinski definition) is 2. The summed E-state index contributed by atoms with van der Waals surface area (Å²) in [5.74, 6) is -0.345. The van der Waals surface area contributed by atoms with E-state index >= 15 is 0 Å². The molecule has 0 atom stereocenters. The summed E-state index contributed by atoms with van der Waals surface area (Å²) >= 11 is 1.13. The Labute approximate surface area is 148 Å². The Balaban J connectivity index is 1.72. The van der Waals surface area contributed by atoms with E-state index in [0.717, 1.165) is 11.3 Å². The highest BCUT2D eigenvalue weighted by Crippen LogP contribution is 2.27. The third kappa shape index (κ3) is 3.25. The average Bonchev–Trinajstić information content (AvgIpc) is 3.21. The van der Waals surface area contributed by atoms with Gasteiger partial charge in [0.15, 0.2) is 10.9 Å². The van der Waals surface area contributed by atoms with Crippen LogP contribution >= 0.6 is 11.3 Å². The first-order valence-corrected chi connectivity index (χ1v) is 9.68. The Bertz CT molecular complexity index is 863. The van der Waals surface area contributed by atoms with E-state index in [1.54, 1.807) is 19.3 Å². The summed E-state index contributed by atoms with van der Waals surface area (Å²) < 4.78 is 31.9. The van der Waals surface area contributed by atoms with E-state index in [1.165, 1.54) is 10.5 Å². The molecule has 0 aliphatic carbocycles. The topological polar surface area (TPSA) is 129 Å². The molecule has 0 unspecified atom stereocenters. The lowest BCUT2D eigenvalue weighted by Gasteiger charge is -2.33. The van der Waals surface area contributed by atoms with Crippen LogP contribution in [-0.4, -0.2) is 60.2 Å². The van der Waals surface area contributed by atoms with Gasteiger partial charge in [0, 0.05) is 26.2 Å². The fraction of sp³-hybridized carbons (Fsp3) is 0.462. The summed E-state index contributed by atoms with van der Waals surface area (Å²) in [7, 11) is -3.66. The molecule has 2 aromatic heterocycles. The predicted octanol–water partition coefficient (Wildman–Crippen LogP) is 0.378. The second-order valence-electron chi connectivity index (χ2n) is 5.49. The maximum absolute atomic E-state index is 12.8. The van der Waals surface area contributed by atoms with Crippen molar-refractivity contribution in [1.29, 1.82) is 0 Å². The minimum absolute atomic E-state index is 0.122. The normalized spacial score (nSPS) is 16.2. The molecule has 2 N–H and O–H groups in total. The number of thiazole rings is 1. The Morgan fingerprint density at radius 3 is 2.56 bits per heavy atom. The summed E-state index contributed by atoms with van der Waals surface area (Å²) in [4.78, 5) is 17.8. The van der Waals surface area contributed by atoms with Gasteiger partial charge in [-0.3, -0.25) is 10.0 Å². The van der Waals surface area contributed by atoms with Gasteiger partial charge in [-0.1, -0.05) is 16.5 Å². The van der Waals surface area contributed by atoms with Crippen molar-refractivity contribution in [3.05, 3.63) is 22.5 Å². The number of amides is 1. The molecule has 1 saturated heterocycles. The summed E-state index contributed by atoms with van der Waals surface area (Å²) in [5.41, 5.74) is 1.91. The Morgan fingerprint density at radius 1 is 1.32 bits per heavy atom. The third-order valence-electron chi connectivity index (χ3n) is 3.89. The zero-order valence-electron chi connectivity index (χ0n) is 13.6. The van der Waals surface area contributed by atoms with Crippen LogP contribution in [0.1, 0.15) is 21.1 Å². The van der Waals surface area contributed by atoms with Crippen molar-refractivity contribution in [2.24, 2.45) is 0 Å². The molecule has 1 amide bonds. The monoisotopic (exact) mass is 387 g/mol. The largest absolute Gasteiger partial charge is 0.360 e. The van der Waals surface area contributed by atoms with Gasteiger partial charge in [0.2, 0.25) is 10.0 Å². The Morgan fingerprint density at radius 2 is 2.00 bits per heavy atom. The zero-order valence-corrected chi connectivity index (χ0v) is 15.2. The lowest BCUT2D eigenvalue weighted by atomic mass is 10.4. The van der Waals surface area contributed by atoms with Gasteiger partial charge in [-0.15, -0.1) is 0 Å². The molecule has 1 aliphatic rings. The quantitative estimate of drug-likeness (QED) is 0.569. The van der Waals surface area contributed by atoms with Gasteiger partial charge in [0.1, 0.15) is 15.5 Å². The summed E-state index contributed by atoms with van der Waals surface area (Å²) in [5, 5.41) is 13.0. The first-order valence-electron chi connectivity index (χ1n) is 7.43. The molecular weight excluding hydrogens is 370 g/mol. The highest BCUT2D eigenvalue weighted by Gasteiger charge is 2.33. The fourth-order valence-electron chi connectivity index (χ4n) is 2.66.